The molecule has 6 heteroatoms. The molecule has 0 saturated carbocycles. The van der Waals surface area contributed by atoms with Gasteiger partial charge in [0.05, 0.1) is 0 Å². The predicted molar refractivity (Wildman–Crippen MR) is 92.0 cm³/mol. The third-order valence-electron chi connectivity index (χ3n) is 4.15. The Balaban J connectivity index is 1.62. The minimum atomic E-state index is -0.418. The van der Waals surface area contributed by atoms with Gasteiger partial charge in [-0.2, -0.15) is 0 Å². The smallest absolute Gasteiger partial charge is 0.411 e. The fraction of sp³-hybridized carbons (Fsp3) is 0.556. The molecule has 6 nitrogen and oxygen atoms in total. The number of ether oxygens (including phenoxy) is 1. The van der Waals surface area contributed by atoms with Crippen LogP contribution >= 0.6 is 0 Å². The molecule has 0 unspecified atom stereocenters. The molecule has 0 atom stereocenters. The third-order valence-corrected chi connectivity index (χ3v) is 4.15. The number of nitrogens with one attached hydrogen (secondary N) is 1. The van der Waals surface area contributed by atoms with Crippen molar-refractivity contribution >= 4 is 17.6 Å². The van der Waals surface area contributed by atoms with Gasteiger partial charge in [0.25, 0.3) is 0 Å². The normalized spacial score (nSPS) is 15.9. The van der Waals surface area contributed by atoms with Crippen LogP contribution in [0.3, 0.4) is 0 Å². The molecule has 1 aliphatic heterocycles. The van der Waals surface area contributed by atoms with Crippen molar-refractivity contribution in [3.63, 3.8) is 0 Å². The molecule has 1 aliphatic rings. The summed E-state index contributed by atoms with van der Waals surface area (Å²) in [5.74, 6) is 0.199. The van der Waals surface area contributed by atoms with Crippen LogP contribution in [0.5, 0.6) is 0 Å². The Morgan fingerprint density at radius 3 is 2.54 bits per heavy atom. The van der Waals surface area contributed by atoms with Crippen molar-refractivity contribution in [3.05, 3.63) is 30.3 Å². The molecule has 1 heterocycles. The summed E-state index contributed by atoms with van der Waals surface area (Å²) in [7, 11) is 0. The number of hydrogen-bond donors (Lipinski definition) is 2. The highest BCUT2D eigenvalue weighted by molar-refractivity contribution is 5.84. The summed E-state index contributed by atoms with van der Waals surface area (Å²) in [6.07, 6.45) is 2.61. The molecule has 0 aromatic heterocycles. The number of nitrogens with zero attached hydrogens (tertiary/aromatic N) is 1. The second-order valence-corrected chi connectivity index (χ2v) is 6.05. The number of amides is 1. The summed E-state index contributed by atoms with van der Waals surface area (Å²) in [5, 5.41) is 11.4. The Hall–Kier alpha value is -1.92. The lowest BCUT2D eigenvalue weighted by molar-refractivity contribution is -0.119. The van der Waals surface area contributed by atoms with Gasteiger partial charge in [0.2, 0.25) is 0 Å². The number of carbonyl (C=O) groups is 2. The van der Waals surface area contributed by atoms with Crippen LogP contribution < -0.4 is 5.32 Å². The van der Waals surface area contributed by atoms with Crippen LogP contribution in [0.2, 0.25) is 0 Å². The maximum atomic E-state index is 11.9. The number of hydrogen-bond acceptors (Lipinski definition) is 5. The van der Waals surface area contributed by atoms with Crippen LogP contribution in [0, 0.1) is 0 Å². The van der Waals surface area contributed by atoms with Gasteiger partial charge in [0.1, 0.15) is 11.9 Å². The fourth-order valence-corrected chi connectivity index (χ4v) is 2.75. The number of benzene rings is 1. The van der Waals surface area contributed by atoms with Crippen molar-refractivity contribution in [2.45, 2.75) is 38.2 Å². The lowest BCUT2D eigenvalue weighted by Gasteiger charge is -2.31. The molecule has 0 spiro atoms. The van der Waals surface area contributed by atoms with E-state index in [0.29, 0.717) is 19.3 Å². The molecule has 132 valence electrons. The first-order valence-corrected chi connectivity index (χ1v) is 8.55. The molecular weight excluding hydrogens is 308 g/mol. The highest BCUT2D eigenvalue weighted by Crippen LogP contribution is 2.15. The van der Waals surface area contributed by atoms with Crippen LogP contribution in [-0.2, 0) is 9.53 Å². The molecule has 1 amide bonds. The Kier molecular flexibility index (Phi) is 7.71. The molecular formula is C18H26N2O4. The highest BCUT2D eigenvalue weighted by atomic mass is 16.6. The van der Waals surface area contributed by atoms with E-state index in [2.05, 4.69) is 10.2 Å². The van der Waals surface area contributed by atoms with Crippen LogP contribution in [0.1, 0.15) is 32.1 Å². The van der Waals surface area contributed by atoms with Crippen molar-refractivity contribution in [1.82, 2.24) is 4.90 Å². The number of rotatable bonds is 8. The fourth-order valence-electron chi connectivity index (χ4n) is 2.75. The van der Waals surface area contributed by atoms with Gasteiger partial charge < -0.3 is 14.7 Å². The molecule has 1 fully saturated rings. The molecule has 2 N–H and O–H groups in total. The van der Waals surface area contributed by atoms with E-state index >= 15 is 0 Å². The maximum Gasteiger partial charge on any atom is 0.411 e. The zero-order valence-corrected chi connectivity index (χ0v) is 13.9. The van der Waals surface area contributed by atoms with E-state index in [1.54, 1.807) is 0 Å². The molecule has 1 aromatic rings. The minimum Gasteiger partial charge on any atom is -0.446 e. The lowest BCUT2D eigenvalue weighted by atomic mass is 10.1. The summed E-state index contributed by atoms with van der Waals surface area (Å²) < 4.78 is 5.45. The molecule has 2 rings (SSSR count). The molecule has 0 aliphatic carbocycles. The first-order valence-electron chi connectivity index (χ1n) is 8.55. The van der Waals surface area contributed by atoms with Gasteiger partial charge in [-0.3, -0.25) is 10.1 Å². The summed E-state index contributed by atoms with van der Waals surface area (Å²) in [6.45, 7) is 2.47. The number of Topliss-reactive ketones (excluding diaryl/α,β-unsaturated/α-hetero) is 1. The van der Waals surface area contributed by atoms with E-state index in [0.717, 1.165) is 38.2 Å². The number of anilines is 1. The van der Waals surface area contributed by atoms with Gasteiger partial charge in [-0.25, -0.2) is 4.79 Å². The Labute approximate surface area is 142 Å². The van der Waals surface area contributed by atoms with Crippen molar-refractivity contribution in [2.24, 2.45) is 0 Å². The molecule has 1 saturated heterocycles. The predicted octanol–water partition coefficient (Wildman–Crippen LogP) is 2.43. The van der Waals surface area contributed by atoms with Gasteiger partial charge in [0, 0.05) is 44.8 Å². The first-order chi connectivity index (χ1) is 11.7. The number of piperidine rings is 1. The number of aliphatic hydroxyl groups is 1. The van der Waals surface area contributed by atoms with Crippen LogP contribution in [0.25, 0.3) is 0 Å². The molecule has 0 radical (unpaired) electrons. The van der Waals surface area contributed by atoms with Gasteiger partial charge in [-0.1, -0.05) is 18.2 Å². The standard InChI is InChI=1S/C18H26N2O4/c21-14-4-7-16(22)8-11-20-12-9-17(10-13-20)24-18(23)19-15-5-2-1-3-6-15/h1-3,5-6,17,21H,4,7-14H2,(H,19,23). The quantitative estimate of drug-likeness (QED) is 0.763. The van der Waals surface area contributed by atoms with Gasteiger partial charge >= 0.3 is 6.09 Å². The zero-order valence-electron chi connectivity index (χ0n) is 13.9. The van der Waals surface area contributed by atoms with Crippen molar-refractivity contribution < 1.29 is 19.4 Å². The number of ketones is 1. The SMILES string of the molecule is O=C(CCCO)CCN1CCC(OC(=O)Nc2ccccc2)CC1. The first kappa shape index (κ1) is 18.4. The number of para-hydroxylation sites is 1. The van der Waals surface area contributed by atoms with E-state index < -0.39 is 6.09 Å². The van der Waals surface area contributed by atoms with Crippen LogP contribution in [0.15, 0.2) is 30.3 Å². The van der Waals surface area contributed by atoms with Crippen molar-refractivity contribution in [2.75, 3.05) is 31.6 Å². The van der Waals surface area contributed by atoms with Crippen molar-refractivity contribution in [3.8, 4) is 0 Å². The Morgan fingerprint density at radius 2 is 1.88 bits per heavy atom. The molecule has 1 aromatic carbocycles. The number of likely N-dealkylation sites (tertiary alicyclic amines) is 1. The summed E-state index contributed by atoms with van der Waals surface area (Å²) in [4.78, 5) is 25.7. The monoisotopic (exact) mass is 334 g/mol. The minimum absolute atomic E-state index is 0.0690. The maximum absolute atomic E-state index is 11.9. The number of aliphatic hydroxyl groups excluding tert-OH is 1. The number of carbonyl (C=O) groups excluding carboxylic acids is 2. The van der Waals surface area contributed by atoms with Gasteiger partial charge in [-0.05, 0) is 31.4 Å². The van der Waals surface area contributed by atoms with Gasteiger partial charge in [0.15, 0.2) is 0 Å². The van der Waals surface area contributed by atoms with E-state index in [1.165, 1.54) is 0 Å². The Morgan fingerprint density at radius 1 is 1.17 bits per heavy atom. The van der Waals surface area contributed by atoms with Gasteiger partial charge in [-0.15, -0.1) is 0 Å². The second-order valence-electron chi connectivity index (χ2n) is 6.05. The summed E-state index contributed by atoms with van der Waals surface area (Å²) >= 11 is 0. The zero-order chi connectivity index (χ0) is 17.2. The average Bonchev–Trinajstić information content (AvgIpc) is 2.60. The van der Waals surface area contributed by atoms with Crippen LogP contribution in [0.4, 0.5) is 10.5 Å². The molecule has 0 bridgehead atoms. The van der Waals surface area contributed by atoms with E-state index in [4.69, 9.17) is 9.84 Å². The largest absolute Gasteiger partial charge is 0.446 e. The van der Waals surface area contributed by atoms with E-state index in [1.807, 2.05) is 30.3 Å². The Bertz CT molecular complexity index is 513. The third kappa shape index (κ3) is 6.68. The average molecular weight is 334 g/mol. The summed E-state index contributed by atoms with van der Waals surface area (Å²) in [6, 6.07) is 9.24. The highest BCUT2D eigenvalue weighted by Gasteiger charge is 2.22. The molecule has 24 heavy (non-hydrogen) atoms. The van der Waals surface area contributed by atoms with Crippen molar-refractivity contribution in [1.29, 1.82) is 0 Å². The lowest BCUT2D eigenvalue weighted by Crippen LogP contribution is -2.39. The topological polar surface area (TPSA) is 78.9 Å². The summed E-state index contributed by atoms with van der Waals surface area (Å²) in [5.41, 5.74) is 0.723. The second kappa shape index (κ2) is 10.1. The van der Waals surface area contributed by atoms with E-state index in [-0.39, 0.29) is 18.5 Å². The van der Waals surface area contributed by atoms with Crippen LogP contribution in [-0.4, -0.2) is 54.2 Å². The van der Waals surface area contributed by atoms with E-state index in [9.17, 15) is 9.59 Å².